The molecular formula is C124H126N4O20. The molecule has 24 heteroatoms. The predicted molar refractivity (Wildman–Crippen MR) is 582 cm³/mol. The molecule has 12 aromatic rings. The van der Waals surface area contributed by atoms with Crippen LogP contribution in [0.1, 0.15) is 94.5 Å². The first-order chi connectivity index (χ1) is 71.9. The van der Waals surface area contributed by atoms with Crippen LogP contribution in [0.3, 0.4) is 0 Å². The smallest absolute Gasteiger partial charge is 0.336 e. The number of carbonyl (C=O) groups is 8. The highest BCUT2D eigenvalue weighted by Gasteiger charge is 2.24. The molecule has 0 aliphatic heterocycles. The van der Waals surface area contributed by atoms with Crippen LogP contribution >= 0.6 is 0 Å². The van der Waals surface area contributed by atoms with Crippen molar-refractivity contribution in [3.63, 3.8) is 0 Å². The molecule has 0 spiro atoms. The van der Waals surface area contributed by atoms with Crippen LogP contribution < -0.4 is 19.6 Å². The van der Waals surface area contributed by atoms with Crippen molar-refractivity contribution in [1.82, 2.24) is 0 Å². The van der Waals surface area contributed by atoms with Crippen molar-refractivity contribution in [2.24, 2.45) is 0 Å². The topological polar surface area (TPSA) is 260 Å². The van der Waals surface area contributed by atoms with E-state index >= 15 is 0 Å². The molecule has 0 aliphatic rings. The number of nitrogens with zero attached hydrogens (tertiary/aromatic N) is 4. The molecule has 0 unspecified atom stereocenters. The lowest BCUT2D eigenvalue weighted by Crippen LogP contribution is -2.16. The van der Waals surface area contributed by atoms with Crippen molar-refractivity contribution < 1.29 is 95.2 Å². The zero-order chi connectivity index (χ0) is 105. The summed E-state index contributed by atoms with van der Waals surface area (Å²) >= 11 is 0. The lowest BCUT2D eigenvalue weighted by molar-refractivity contribution is -0.145. The third kappa shape index (κ3) is 34.9. The maximum absolute atomic E-state index is 12.8. The standard InChI is InChI=1S/C70H72N2O16.C54H54N2O4/c1-9-81-67(77)47(5)43-85-63(73)39-53-19-31-59(32-20-53)71(60-33-21-54(22-34-60)40-64(74)86-44-48(6)68(78)82-10-2)57-27-15-51(16-28-57)13-14-52-17-29-58(30-18-52)72(61-35-23-55(24-36-61)41-65(75)87-45-49(7)69(79)83-11-3)62-37-25-56(26-38-62)42-66(76)88-46-50(8)70(80)84-12-4;1-5-57-39-35-45-15-27-51(28-16-45)55(52-29-17-46(18-30-52)36-40-58-6-2)49-23-11-43(12-24-49)9-10-44-13-25-50(26-14-44)56(53-31-19-47(20-32-53)37-41-59-7-3)54-33-21-48(22-34-54)38-42-60-8-4/h15-38H,5-14,39-46H2,1-4H3;5-34H,1-4,35-42H2/b;10-9+. The Bertz CT molecular complexity index is 5790. The second-order valence-electron chi connectivity index (χ2n) is 33.8. The van der Waals surface area contributed by atoms with E-state index in [1.54, 1.807) is 27.7 Å². The van der Waals surface area contributed by atoms with Crippen molar-refractivity contribution in [1.29, 1.82) is 0 Å². The van der Waals surface area contributed by atoms with Crippen molar-refractivity contribution in [2.75, 3.05) is 98.9 Å². The van der Waals surface area contributed by atoms with Crippen molar-refractivity contribution >= 4 is 128 Å². The summed E-state index contributed by atoms with van der Waals surface area (Å²) in [5.41, 5.74) is 23.3. The van der Waals surface area contributed by atoms with Gasteiger partial charge < -0.3 is 76.4 Å². The first kappa shape index (κ1) is 111. The van der Waals surface area contributed by atoms with Gasteiger partial charge in [-0.2, -0.15) is 0 Å². The molecule has 0 aliphatic carbocycles. The Morgan fingerprint density at radius 3 is 0.514 bits per heavy atom. The van der Waals surface area contributed by atoms with Gasteiger partial charge in [0.05, 0.1) is 126 Å². The first-order valence-electron chi connectivity index (χ1n) is 48.9. The summed E-state index contributed by atoms with van der Waals surface area (Å²) in [5, 5.41) is 0. The molecule has 0 bridgehead atoms. The molecule has 0 saturated carbocycles. The molecule has 0 fully saturated rings. The summed E-state index contributed by atoms with van der Waals surface area (Å²) in [6.07, 6.45) is 14.8. The number of ether oxygens (including phenoxy) is 12. The molecule has 12 aromatic carbocycles. The number of hydrogen-bond donors (Lipinski definition) is 0. The maximum Gasteiger partial charge on any atom is 0.336 e. The fourth-order valence-electron chi connectivity index (χ4n) is 15.4. The van der Waals surface area contributed by atoms with Crippen molar-refractivity contribution in [3.8, 4) is 0 Å². The maximum atomic E-state index is 12.8. The highest BCUT2D eigenvalue weighted by atomic mass is 16.6. The third-order valence-corrected chi connectivity index (χ3v) is 23.2. The van der Waals surface area contributed by atoms with Gasteiger partial charge in [0.15, 0.2) is 0 Å². The van der Waals surface area contributed by atoms with Gasteiger partial charge in [-0.3, -0.25) is 19.2 Å². The number of aryl methyl sites for hydroxylation is 2. The number of hydrogen-bond acceptors (Lipinski definition) is 24. The largest absolute Gasteiger partial charge is 0.501 e. The SMILES string of the molecule is C=C(COC(=O)Cc1ccc(N(c2ccc(CCc3ccc(N(c4ccc(CC(=O)OCC(=C)C(=O)OCC)cc4)c4ccc(CC(=O)OCC(=C)C(=O)OCC)cc4)cc3)cc2)c2ccc(CC(=O)OCC(=C)C(=O)OCC)cc2)cc1)C(=O)OCC.C=COCCc1ccc(N(c2ccc(/C=C/c3ccc(N(c4ccc(CCOC=C)cc4)c4ccc(CCOC=C)cc4)cc3)cc2)c2ccc(CCOC=C)cc2)cc1. The van der Waals surface area contributed by atoms with E-state index in [0.29, 0.717) is 61.5 Å². The van der Waals surface area contributed by atoms with E-state index in [2.05, 4.69) is 244 Å². The monoisotopic (exact) mass is 1990 g/mol. The average molecular weight is 1990 g/mol. The summed E-state index contributed by atoms with van der Waals surface area (Å²) in [7, 11) is 0. The van der Waals surface area contributed by atoms with E-state index in [9.17, 15) is 38.4 Å². The Labute approximate surface area is 867 Å². The van der Waals surface area contributed by atoms with Crippen LogP contribution in [0, 0.1) is 0 Å². The number of carbonyl (C=O) groups excluding carboxylic acids is 8. The second kappa shape index (κ2) is 58.9. The van der Waals surface area contributed by atoms with Crippen molar-refractivity contribution in [3.05, 3.63) is 458 Å². The van der Waals surface area contributed by atoms with Crippen molar-refractivity contribution in [2.45, 2.75) is 91.9 Å². The Balaban J connectivity index is 0.000000301. The summed E-state index contributed by atoms with van der Waals surface area (Å²) in [4.78, 5) is 108. The minimum atomic E-state index is -0.630. The van der Waals surface area contributed by atoms with E-state index < -0.39 is 47.8 Å². The van der Waals surface area contributed by atoms with Gasteiger partial charge in [0.1, 0.15) is 26.4 Å². The number of benzene rings is 12. The molecule has 0 radical (unpaired) electrons. The quantitative estimate of drug-likeness (QED) is 0.00856. The van der Waals surface area contributed by atoms with Gasteiger partial charge in [-0.15, -0.1) is 0 Å². The van der Waals surface area contributed by atoms with Gasteiger partial charge in [-0.1, -0.05) is 210 Å². The van der Waals surface area contributed by atoms with E-state index in [-0.39, 0.29) is 101 Å². The molecule has 762 valence electrons. The highest BCUT2D eigenvalue weighted by Crippen LogP contribution is 2.41. The van der Waals surface area contributed by atoms with Gasteiger partial charge in [-0.05, 0) is 253 Å². The van der Waals surface area contributed by atoms with E-state index in [1.807, 2.05) is 131 Å². The van der Waals surface area contributed by atoms with E-state index in [4.69, 9.17) is 56.8 Å². The first-order valence-corrected chi connectivity index (χ1v) is 48.9. The molecule has 0 heterocycles. The van der Waals surface area contributed by atoms with Crippen LogP contribution in [0.4, 0.5) is 68.2 Å². The molecule has 12 rings (SSSR count). The fraction of sp³-hybridized carbons (Fsp3) is 0.210. The van der Waals surface area contributed by atoms with Gasteiger partial charge in [-0.25, -0.2) is 19.2 Å². The summed E-state index contributed by atoms with van der Waals surface area (Å²) < 4.78 is 62.3. The lowest BCUT2D eigenvalue weighted by atomic mass is 10.0. The number of rotatable bonds is 57. The molecule has 0 amide bonds. The normalized spacial score (nSPS) is 10.6. The second-order valence-corrected chi connectivity index (χ2v) is 33.8. The highest BCUT2D eigenvalue weighted by molar-refractivity contribution is 5.92. The Kier molecular flexibility index (Phi) is 44.1. The molecule has 24 nitrogen and oxygen atoms in total. The van der Waals surface area contributed by atoms with E-state index in [1.165, 1.54) is 47.3 Å². The summed E-state index contributed by atoms with van der Waals surface area (Å²) in [6, 6.07) is 98.0. The Morgan fingerprint density at radius 2 is 0.358 bits per heavy atom. The molecule has 0 aromatic heterocycles. The van der Waals surface area contributed by atoms with Crippen LogP contribution in [0.2, 0.25) is 0 Å². The minimum absolute atomic E-state index is 0.0350. The third-order valence-electron chi connectivity index (χ3n) is 23.2. The van der Waals surface area contributed by atoms with Gasteiger partial charge in [0.2, 0.25) is 0 Å². The molecule has 148 heavy (non-hydrogen) atoms. The van der Waals surface area contributed by atoms with Crippen LogP contribution in [0.5, 0.6) is 0 Å². The number of esters is 8. The molecule has 0 atom stereocenters. The predicted octanol–water partition coefficient (Wildman–Crippen LogP) is 24.8. The summed E-state index contributed by atoms with van der Waals surface area (Å²) in [5.74, 6) is -4.68. The van der Waals surface area contributed by atoms with Gasteiger partial charge in [0, 0.05) is 93.9 Å². The van der Waals surface area contributed by atoms with Crippen LogP contribution in [-0.4, -0.2) is 127 Å². The van der Waals surface area contributed by atoms with E-state index in [0.717, 1.165) is 116 Å². The Morgan fingerprint density at radius 1 is 0.209 bits per heavy atom. The summed E-state index contributed by atoms with van der Waals surface area (Å²) in [6.45, 7) is 37.8. The molecule has 0 saturated heterocycles. The molecule has 0 N–H and O–H groups in total. The lowest BCUT2D eigenvalue weighted by Gasteiger charge is -2.26. The van der Waals surface area contributed by atoms with Gasteiger partial charge >= 0.3 is 47.8 Å². The minimum Gasteiger partial charge on any atom is -0.501 e. The fourth-order valence-corrected chi connectivity index (χ4v) is 15.4. The Hall–Kier alpha value is -17.5. The molecular weight excluding hydrogens is 1870 g/mol. The van der Waals surface area contributed by atoms with Crippen LogP contribution in [-0.2, 0) is 159 Å². The van der Waals surface area contributed by atoms with Crippen LogP contribution in [0.25, 0.3) is 12.2 Å². The van der Waals surface area contributed by atoms with Crippen LogP contribution in [0.15, 0.2) is 391 Å². The zero-order valence-corrected chi connectivity index (χ0v) is 84.3. The van der Waals surface area contributed by atoms with Gasteiger partial charge in [0.25, 0.3) is 0 Å². The zero-order valence-electron chi connectivity index (χ0n) is 84.3. The average Bonchev–Trinajstić information content (AvgIpc) is 0.814. The number of anilines is 12.